The first-order valence-corrected chi connectivity index (χ1v) is 8.44. The van der Waals surface area contributed by atoms with E-state index in [9.17, 15) is 0 Å². The van der Waals surface area contributed by atoms with E-state index in [1.807, 2.05) is 31.3 Å². The van der Waals surface area contributed by atoms with Crippen molar-refractivity contribution in [3.05, 3.63) is 39.8 Å². The zero-order valence-corrected chi connectivity index (χ0v) is 13.5. The molecular weight excluding hydrogens is 280 g/mol. The van der Waals surface area contributed by atoms with Gasteiger partial charge in [-0.3, -0.25) is 4.90 Å². The maximum atomic E-state index is 4.48. The second-order valence-corrected chi connectivity index (χ2v) is 6.61. The van der Waals surface area contributed by atoms with Gasteiger partial charge in [0.1, 0.15) is 0 Å². The molecule has 1 atom stereocenters. The molecular formula is C16H22N4S. The molecule has 0 saturated carbocycles. The molecule has 0 radical (unpaired) electrons. The van der Waals surface area contributed by atoms with Crippen LogP contribution in [-0.4, -0.2) is 34.5 Å². The number of aromatic nitrogens is 2. The van der Waals surface area contributed by atoms with Gasteiger partial charge in [0, 0.05) is 22.8 Å². The zero-order valence-electron chi connectivity index (χ0n) is 12.7. The molecule has 1 saturated heterocycles. The van der Waals surface area contributed by atoms with Crippen molar-refractivity contribution in [2.45, 2.75) is 32.7 Å². The highest BCUT2D eigenvalue weighted by Crippen LogP contribution is 2.28. The van der Waals surface area contributed by atoms with Crippen LogP contribution in [0.15, 0.2) is 23.6 Å². The second kappa shape index (κ2) is 6.54. The Morgan fingerprint density at radius 1 is 1.24 bits per heavy atom. The minimum atomic E-state index is 0.428. The first-order valence-electron chi connectivity index (χ1n) is 7.56. The summed E-state index contributed by atoms with van der Waals surface area (Å²) in [7, 11) is 0. The summed E-state index contributed by atoms with van der Waals surface area (Å²) in [5.41, 5.74) is 2.03. The SMILES string of the molecule is Cc1cc(C)nc(NC[C@H](c2cccs2)N2CCCC2)n1. The van der Waals surface area contributed by atoms with Crippen molar-refractivity contribution >= 4 is 17.3 Å². The second-order valence-electron chi connectivity index (χ2n) is 5.63. The van der Waals surface area contributed by atoms with Crippen LogP contribution in [0.25, 0.3) is 0 Å². The Labute approximate surface area is 130 Å². The van der Waals surface area contributed by atoms with E-state index in [1.165, 1.54) is 30.8 Å². The number of nitrogens with zero attached hydrogens (tertiary/aromatic N) is 3. The number of thiophene rings is 1. The lowest BCUT2D eigenvalue weighted by Gasteiger charge is -2.27. The Bertz CT molecular complexity index is 556. The molecule has 0 spiro atoms. The van der Waals surface area contributed by atoms with E-state index in [2.05, 4.69) is 37.7 Å². The molecule has 21 heavy (non-hydrogen) atoms. The van der Waals surface area contributed by atoms with Crippen molar-refractivity contribution in [2.75, 3.05) is 25.0 Å². The van der Waals surface area contributed by atoms with Crippen LogP contribution >= 0.6 is 11.3 Å². The molecule has 2 aromatic rings. The molecule has 1 aliphatic rings. The molecule has 0 unspecified atom stereocenters. The van der Waals surface area contributed by atoms with Crippen molar-refractivity contribution in [1.29, 1.82) is 0 Å². The van der Waals surface area contributed by atoms with E-state index in [0.29, 0.717) is 6.04 Å². The van der Waals surface area contributed by atoms with Gasteiger partial charge in [-0.05, 0) is 57.3 Å². The van der Waals surface area contributed by atoms with E-state index in [1.54, 1.807) is 0 Å². The van der Waals surface area contributed by atoms with Crippen LogP contribution in [0.1, 0.15) is 35.1 Å². The number of aryl methyl sites for hydroxylation is 2. The Morgan fingerprint density at radius 3 is 2.57 bits per heavy atom. The quantitative estimate of drug-likeness (QED) is 0.919. The fourth-order valence-electron chi connectivity index (χ4n) is 2.94. The minimum Gasteiger partial charge on any atom is -0.352 e. The Morgan fingerprint density at radius 2 is 1.95 bits per heavy atom. The first-order chi connectivity index (χ1) is 10.2. The van der Waals surface area contributed by atoms with Crippen LogP contribution < -0.4 is 5.32 Å². The Balaban J connectivity index is 1.72. The third-order valence-electron chi connectivity index (χ3n) is 3.89. The van der Waals surface area contributed by atoms with Crippen molar-refractivity contribution in [3.63, 3.8) is 0 Å². The topological polar surface area (TPSA) is 41.1 Å². The molecule has 1 aliphatic heterocycles. The van der Waals surface area contributed by atoms with E-state index < -0.39 is 0 Å². The predicted molar refractivity (Wildman–Crippen MR) is 87.9 cm³/mol. The van der Waals surface area contributed by atoms with Crippen LogP contribution in [0.2, 0.25) is 0 Å². The maximum Gasteiger partial charge on any atom is 0.223 e. The molecule has 3 heterocycles. The van der Waals surface area contributed by atoms with Crippen molar-refractivity contribution in [1.82, 2.24) is 14.9 Å². The fourth-order valence-corrected chi connectivity index (χ4v) is 3.80. The Hall–Kier alpha value is -1.46. The van der Waals surface area contributed by atoms with Gasteiger partial charge in [-0.2, -0.15) is 0 Å². The monoisotopic (exact) mass is 302 g/mol. The lowest BCUT2D eigenvalue weighted by Crippen LogP contribution is -2.30. The third kappa shape index (κ3) is 3.60. The van der Waals surface area contributed by atoms with Gasteiger partial charge in [-0.1, -0.05) is 6.07 Å². The average Bonchev–Trinajstić information content (AvgIpc) is 3.10. The van der Waals surface area contributed by atoms with Gasteiger partial charge in [0.05, 0.1) is 6.04 Å². The van der Waals surface area contributed by atoms with Crippen LogP contribution in [0, 0.1) is 13.8 Å². The van der Waals surface area contributed by atoms with Gasteiger partial charge >= 0.3 is 0 Å². The number of nitrogens with one attached hydrogen (secondary N) is 1. The number of hydrogen-bond donors (Lipinski definition) is 1. The highest BCUT2D eigenvalue weighted by Gasteiger charge is 2.24. The van der Waals surface area contributed by atoms with Crippen LogP contribution in [0.3, 0.4) is 0 Å². The molecule has 1 fully saturated rings. The fraction of sp³-hybridized carbons (Fsp3) is 0.500. The van der Waals surface area contributed by atoms with Gasteiger partial charge in [0.2, 0.25) is 5.95 Å². The molecule has 112 valence electrons. The first kappa shape index (κ1) is 14.5. The number of hydrogen-bond acceptors (Lipinski definition) is 5. The van der Waals surface area contributed by atoms with Gasteiger partial charge < -0.3 is 5.32 Å². The maximum absolute atomic E-state index is 4.48. The molecule has 4 nitrogen and oxygen atoms in total. The molecule has 0 aromatic carbocycles. The summed E-state index contributed by atoms with van der Waals surface area (Å²) >= 11 is 1.84. The van der Waals surface area contributed by atoms with E-state index in [-0.39, 0.29) is 0 Å². The van der Waals surface area contributed by atoms with Gasteiger partial charge in [-0.15, -0.1) is 11.3 Å². The van der Waals surface area contributed by atoms with Gasteiger partial charge in [-0.25, -0.2) is 9.97 Å². The van der Waals surface area contributed by atoms with Crippen LogP contribution in [0.5, 0.6) is 0 Å². The number of likely N-dealkylation sites (tertiary alicyclic amines) is 1. The van der Waals surface area contributed by atoms with E-state index >= 15 is 0 Å². The molecule has 0 bridgehead atoms. The number of anilines is 1. The van der Waals surface area contributed by atoms with E-state index in [0.717, 1.165) is 23.9 Å². The van der Waals surface area contributed by atoms with Gasteiger partial charge in [0.25, 0.3) is 0 Å². The minimum absolute atomic E-state index is 0.428. The lowest BCUT2D eigenvalue weighted by atomic mass is 10.2. The summed E-state index contributed by atoms with van der Waals surface area (Å²) in [6, 6.07) is 6.80. The molecule has 2 aromatic heterocycles. The summed E-state index contributed by atoms with van der Waals surface area (Å²) in [6.07, 6.45) is 2.61. The largest absolute Gasteiger partial charge is 0.352 e. The standard InChI is InChI=1S/C16H22N4S/c1-12-10-13(2)19-16(18-12)17-11-14(15-6-5-9-21-15)20-7-3-4-8-20/h5-6,9-10,14H,3-4,7-8,11H2,1-2H3,(H,17,18,19)/t14-/m1/s1. The highest BCUT2D eigenvalue weighted by atomic mass is 32.1. The Kier molecular flexibility index (Phi) is 4.51. The molecule has 0 amide bonds. The highest BCUT2D eigenvalue weighted by molar-refractivity contribution is 7.10. The summed E-state index contributed by atoms with van der Waals surface area (Å²) in [5.74, 6) is 0.744. The van der Waals surface area contributed by atoms with Crippen molar-refractivity contribution in [2.24, 2.45) is 0 Å². The smallest absolute Gasteiger partial charge is 0.223 e. The van der Waals surface area contributed by atoms with Gasteiger partial charge in [0.15, 0.2) is 0 Å². The molecule has 1 N–H and O–H groups in total. The molecule has 5 heteroatoms. The normalized spacial score (nSPS) is 17.0. The molecule has 3 rings (SSSR count). The summed E-state index contributed by atoms with van der Waals surface area (Å²) in [4.78, 5) is 12.9. The zero-order chi connectivity index (χ0) is 14.7. The average molecular weight is 302 g/mol. The summed E-state index contributed by atoms with van der Waals surface area (Å²) < 4.78 is 0. The third-order valence-corrected chi connectivity index (χ3v) is 4.86. The number of rotatable bonds is 5. The van der Waals surface area contributed by atoms with Crippen LogP contribution in [0.4, 0.5) is 5.95 Å². The predicted octanol–water partition coefficient (Wildman–Crippen LogP) is 3.40. The van der Waals surface area contributed by atoms with Crippen molar-refractivity contribution < 1.29 is 0 Å². The van der Waals surface area contributed by atoms with Crippen LogP contribution in [-0.2, 0) is 0 Å². The van der Waals surface area contributed by atoms with Crippen molar-refractivity contribution in [3.8, 4) is 0 Å². The lowest BCUT2D eigenvalue weighted by molar-refractivity contribution is 0.259. The summed E-state index contributed by atoms with van der Waals surface area (Å²) in [6.45, 7) is 7.27. The molecule has 0 aliphatic carbocycles. The summed E-state index contributed by atoms with van der Waals surface area (Å²) in [5, 5.41) is 5.59. The van der Waals surface area contributed by atoms with E-state index in [4.69, 9.17) is 0 Å².